The predicted octanol–water partition coefficient (Wildman–Crippen LogP) is 2.10. The molecule has 4 nitrogen and oxygen atoms in total. The van der Waals surface area contributed by atoms with E-state index in [0.717, 1.165) is 32.6 Å². The SMILES string of the molecule is CC1CCN2CC(C(=O)N3CCOCC3)Cc3ccccc3C12. The zero-order valence-electron chi connectivity index (χ0n) is 13.9. The highest BCUT2D eigenvalue weighted by Crippen LogP contribution is 2.41. The summed E-state index contributed by atoms with van der Waals surface area (Å²) in [6.07, 6.45) is 2.11. The van der Waals surface area contributed by atoms with E-state index in [-0.39, 0.29) is 5.92 Å². The molecule has 3 aliphatic heterocycles. The largest absolute Gasteiger partial charge is 0.378 e. The highest BCUT2D eigenvalue weighted by atomic mass is 16.5. The Hall–Kier alpha value is -1.39. The van der Waals surface area contributed by atoms with Crippen molar-refractivity contribution in [1.82, 2.24) is 9.80 Å². The summed E-state index contributed by atoms with van der Waals surface area (Å²) in [7, 11) is 0. The average Bonchev–Trinajstić information content (AvgIpc) is 2.86. The molecule has 0 aromatic heterocycles. The average molecular weight is 314 g/mol. The Morgan fingerprint density at radius 1 is 1.17 bits per heavy atom. The molecule has 4 rings (SSSR count). The molecule has 1 aromatic carbocycles. The molecule has 3 aliphatic rings. The number of hydrogen-bond donors (Lipinski definition) is 0. The van der Waals surface area contributed by atoms with Crippen LogP contribution in [0.4, 0.5) is 0 Å². The van der Waals surface area contributed by atoms with Crippen molar-refractivity contribution >= 4 is 5.91 Å². The van der Waals surface area contributed by atoms with Crippen molar-refractivity contribution in [3.8, 4) is 0 Å². The van der Waals surface area contributed by atoms with Crippen LogP contribution in [0.1, 0.15) is 30.5 Å². The van der Waals surface area contributed by atoms with E-state index in [1.165, 1.54) is 17.5 Å². The molecule has 3 atom stereocenters. The van der Waals surface area contributed by atoms with Crippen molar-refractivity contribution in [2.24, 2.45) is 11.8 Å². The third-order valence-corrected chi connectivity index (χ3v) is 5.77. The number of nitrogens with zero attached hydrogens (tertiary/aromatic N) is 2. The van der Waals surface area contributed by atoms with Crippen LogP contribution < -0.4 is 0 Å². The van der Waals surface area contributed by atoms with Gasteiger partial charge in [0.05, 0.1) is 19.1 Å². The van der Waals surface area contributed by atoms with Crippen LogP contribution in [0.5, 0.6) is 0 Å². The summed E-state index contributed by atoms with van der Waals surface area (Å²) in [6.45, 7) is 7.23. The Bertz CT molecular complexity index is 582. The normalized spacial score (nSPS) is 31.3. The van der Waals surface area contributed by atoms with Gasteiger partial charge in [0.15, 0.2) is 0 Å². The number of hydrogen-bond acceptors (Lipinski definition) is 3. The maximum absolute atomic E-state index is 13.0. The molecular weight excluding hydrogens is 288 g/mol. The van der Waals surface area contributed by atoms with Crippen LogP contribution >= 0.6 is 0 Å². The highest BCUT2D eigenvalue weighted by molar-refractivity contribution is 5.79. The van der Waals surface area contributed by atoms with E-state index in [0.29, 0.717) is 31.1 Å². The van der Waals surface area contributed by atoms with Gasteiger partial charge < -0.3 is 9.64 Å². The van der Waals surface area contributed by atoms with Gasteiger partial charge in [-0.15, -0.1) is 0 Å². The molecule has 0 N–H and O–H groups in total. The molecule has 3 heterocycles. The fraction of sp³-hybridized carbons (Fsp3) is 0.632. The lowest BCUT2D eigenvalue weighted by molar-refractivity contribution is -0.140. The zero-order valence-corrected chi connectivity index (χ0v) is 13.9. The second-order valence-electron chi connectivity index (χ2n) is 7.24. The molecule has 3 unspecified atom stereocenters. The van der Waals surface area contributed by atoms with E-state index in [4.69, 9.17) is 4.74 Å². The maximum Gasteiger partial charge on any atom is 0.227 e. The first-order valence-corrected chi connectivity index (χ1v) is 8.92. The molecule has 23 heavy (non-hydrogen) atoms. The van der Waals surface area contributed by atoms with Crippen LogP contribution in [0.25, 0.3) is 0 Å². The van der Waals surface area contributed by atoms with E-state index in [9.17, 15) is 4.79 Å². The minimum absolute atomic E-state index is 0.0875. The van der Waals surface area contributed by atoms with E-state index in [1.807, 2.05) is 4.90 Å². The van der Waals surface area contributed by atoms with Gasteiger partial charge in [0.2, 0.25) is 5.91 Å². The number of morpholine rings is 1. The molecular formula is C19H26N2O2. The second kappa shape index (κ2) is 6.25. The molecule has 4 heteroatoms. The van der Waals surface area contributed by atoms with E-state index >= 15 is 0 Å². The highest BCUT2D eigenvalue weighted by Gasteiger charge is 2.39. The van der Waals surface area contributed by atoms with Crippen molar-refractivity contribution in [3.63, 3.8) is 0 Å². The number of rotatable bonds is 1. The lowest BCUT2D eigenvalue weighted by atomic mass is 9.90. The second-order valence-corrected chi connectivity index (χ2v) is 7.24. The molecule has 0 aliphatic carbocycles. The Kier molecular flexibility index (Phi) is 4.12. The van der Waals surface area contributed by atoms with Crippen LogP contribution in [0.2, 0.25) is 0 Å². The summed E-state index contributed by atoms with van der Waals surface area (Å²) in [5, 5.41) is 0. The summed E-state index contributed by atoms with van der Waals surface area (Å²) in [5.74, 6) is 1.08. The van der Waals surface area contributed by atoms with Gasteiger partial charge in [0.25, 0.3) is 0 Å². The first kappa shape index (κ1) is 15.2. The summed E-state index contributed by atoms with van der Waals surface area (Å²) < 4.78 is 5.40. The number of ether oxygens (including phenoxy) is 1. The summed E-state index contributed by atoms with van der Waals surface area (Å²) >= 11 is 0. The zero-order chi connectivity index (χ0) is 15.8. The fourth-order valence-electron chi connectivity index (χ4n) is 4.56. The summed E-state index contributed by atoms with van der Waals surface area (Å²) in [5.41, 5.74) is 2.83. The molecule has 124 valence electrons. The minimum Gasteiger partial charge on any atom is -0.378 e. The molecule has 0 spiro atoms. The van der Waals surface area contributed by atoms with Crippen molar-refractivity contribution in [2.75, 3.05) is 39.4 Å². The van der Waals surface area contributed by atoms with Gasteiger partial charge in [-0.25, -0.2) is 0 Å². The van der Waals surface area contributed by atoms with Crippen LogP contribution in [0, 0.1) is 11.8 Å². The Morgan fingerprint density at radius 2 is 1.96 bits per heavy atom. The smallest absolute Gasteiger partial charge is 0.227 e. The number of benzene rings is 1. The third-order valence-electron chi connectivity index (χ3n) is 5.77. The first-order valence-electron chi connectivity index (χ1n) is 8.92. The molecule has 1 amide bonds. The van der Waals surface area contributed by atoms with Crippen molar-refractivity contribution in [1.29, 1.82) is 0 Å². The Labute approximate surface area is 138 Å². The summed E-state index contributed by atoms with van der Waals surface area (Å²) in [4.78, 5) is 17.6. The number of fused-ring (bicyclic) bond motifs is 3. The first-order chi connectivity index (χ1) is 11.2. The maximum atomic E-state index is 13.0. The quantitative estimate of drug-likeness (QED) is 0.796. The predicted molar refractivity (Wildman–Crippen MR) is 89.1 cm³/mol. The third kappa shape index (κ3) is 2.79. The van der Waals surface area contributed by atoms with Crippen LogP contribution in [-0.2, 0) is 16.0 Å². The Morgan fingerprint density at radius 3 is 2.78 bits per heavy atom. The molecule has 1 aromatic rings. The van der Waals surface area contributed by atoms with Crippen LogP contribution in [-0.4, -0.2) is 55.1 Å². The van der Waals surface area contributed by atoms with Gasteiger partial charge in [-0.3, -0.25) is 9.69 Å². The van der Waals surface area contributed by atoms with E-state index in [1.54, 1.807) is 0 Å². The monoisotopic (exact) mass is 314 g/mol. The lowest BCUT2D eigenvalue weighted by Crippen LogP contribution is -2.46. The van der Waals surface area contributed by atoms with Crippen LogP contribution in [0.3, 0.4) is 0 Å². The lowest BCUT2D eigenvalue weighted by Gasteiger charge is -2.32. The number of carbonyl (C=O) groups excluding carboxylic acids is 1. The molecule has 0 saturated carbocycles. The van der Waals surface area contributed by atoms with Gasteiger partial charge in [0, 0.05) is 25.7 Å². The van der Waals surface area contributed by atoms with Gasteiger partial charge in [-0.1, -0.05) is 31.2 Å². The van der Waals surface area contributed by atoms with Crippen molar-refractivity contribution < 1.29 is 9.53 Å². The van der Waals surface area contributed by atoms with Gasteiger partial charge in [-0.05, 0) is 36.4 Å². The molecule has 0 bridgehead atoms. The van der Waals surface area contributed by atoms with Crippen molar-refractivity contribution in [2.45, 2.75) is 25.8 Å². The fourth-order valence-corrected chi connectivity index (χ4v) is 4.56. The molecule has 2 saturated heterocycles. The number of amides is 1. The van der Waals surface area contributed by atoms with E-state index < -0.39 is 0 Å². The molecule has 2 fully saturated rings. The minimum atomic E-state index is 0.0875. The van der Waals surface area contributed by atoms with E-state index in [2.05, 4.69) is 36.1 Å². The standard InChI is InChI=1S/C19H26N2O2/c1-14-6-7-21-13-16(19(22)20-8-10-23-11-9-20)12-15-4-2-3-5-17(15)18(14)21/h2-5,14,16,18H,6-13H2,1H3. The topological polar surface area (TPSA) is 32.8 Å². The van der Waals surface area contributed by atoms with Gasteiger partial charge >= 0.3 is 0 Å². The van der Waals surface area contributed by atoms with Crippen LogP contribution in [0.15, 0.2) is 24.3 Å². The Balaban J connectivity index is 1.62. The van der Waals surface area contributed by atoms with Gasteiger partial charge in [-0.2, -0.15) is 0 Å². The summed E-state index contributed by atoms with van der Waals surface area (Å²) in [6, 6.07) is 9.25. The molecule has 0 radical (unpaired) electrons. The van der Waals surface area contributed by atoms with Crippen molar-refractivity contribution in [3.05, 3.63) is 35.4 Å². The van der Waals surface area contributed by atoms with Gasteiger partial charge in [0.1, 0.15) is 0 Å². The number of carbonyl (C=O) groups is 1.